The van der Waals surface area contributed by atoms with Crippen LogP contribution in [0.3, 0.4) is 0 Å². The Hall–Kier alpha value is -2.98. The number of aromatic nitrogens is 2. The van der Waals surface area contributed by atoms with E-state index in [0.29, 0.717) is 5.56 Å². The normalized spacial score (nSPS) is 11.2. The first-order chi connectivity index (χ1) is 11.5. The van der Waals surface area contributed by atoms with E-state index in [-0.39, 0.29) is 22.6 Å². The van der Waals surface area contributed by atoms with Gasteiger partial charge in [0, 0.05) is 24.2 Å². The molecule has 0 aliphatic heterocycles. The molecule has 3 rings (SSSR count). The molecule has 1 aromatic carbocycles. The summed E-state index contributed by atoms with van der Waals surface area (Å²) in [5, 5.41) is 8.87. The molecule has 24 heavy (non-hydrogen) atoms. The SMILES string of the molecule is N#CCc1cc(-c2ccccc2F)n(S(=O)(=O)c2cccnc2)c1. The quantitative estimate of drug-likeness (QED) is 0.731. The highest BCUT2D eigenvalue weighted by molar-refractivity contribution is 7.90. The van der Waals surface area contributed by atoms with E-state index in [1.165, 1.54) is 55.0 Å². The Morgan fingerprint density at radius 2 is 2.00 bits per heavy atom. The van der Waals surface area contributed by atoms with Crippen LogP contribution in [0.5, 0.6) is 0 Å². The van der Waals surface area contributed by atoms with Crippen LogP contribution >= 0.6 is 0 Å². The van der Waals surface area contributed by atoms with Crippen molar-refractivity contribution in [3.8, 4) is 17.3 Å². The molecule has 120 valence electrons. The Kier molecular flexibility index (Phi) is 4.15. The molecule has 0 saturated carbocycles. The minimum Gasteiger partial charge on any atom is -0.263 e. The monoisotopic (exact) mass is 341 g/mol. The second-order valence-electron chi connectivity index (χ2n) is 5.04. The molecular weight excluding hydrogens is 329 g/mol. The summed E-state index contributed by atoms with van der Waals surface area (Å²) < 4.78 is 40.9. The predicted molar refractivity (Wildman–Crippen MR) is 86.0 cm³/mol. The Morgan fingerprint density at radius 3 is 2.67 bits per heavy atom. The van der Waals surface area contributed by atoms with Gasteiger partial charge in [-0.05, 0) is 35.9 Å². The number of rotatable bonds is 4. The number of pyridine rings is 1. The lowest BCUT2D eigenvalue weighted by atomic mass is 10.1. The van der Waals surface area contributed by atoms with Crippen LogP contribution in [0.15, 0.2) is 66.0 Å². The molecule has 0 bridgehead atoms. The minimum atomic E-state index is -3.95. The molecular formula is C17H12FN3O2S. The van der Waals surface area contributed by atoms with Gasteiger partial charge < -0.3 is 0 Å². The zero-order valence-corrected chi connectivity index (χ0v) is 13.2. The summed E-state index contributed by atoms with van der Waals surface area (Å²) >= 11 is 0. The topological polar surface area (TPSA) is 75.8 Å². The Morgan fingerprint density at radius 1 is 1.21 bits per heavy atom. The van der Waals surface area contributed by atoms with E-state index in [0.717, 1.165) is 3.97 Å². The first kappa shape index (κ1) is 15.9. The van der Waals surface area contributed by atoms with Gasteiger partial charge in [0.25, 0.3) is 10.0 Å². The van der Waals surface area contributed by atoms with E-state index < -0.39 is 15.8 Å². The van der Waals surface area contributed by atoms with Crippen molar-refractivity contribution in [1.82, 2.24) is 8.96 Å². The van der Waals surface area contributed by atoms with Crippen LogP contribution in [0, 0.1) is 17.1 Å². The van der Waals surface area contributed by atoms with Crippen LogP contribution < -0.4 is 0 Å². The summed E-state index contributed by atoms with van der Waals surface area (Å²) in [6.45, 7) is 0. The van der Waals surface area contributed by atoms with Crippen LogP contribution in [0.25, 0.3) is 11.3 Å². The fourth-order valence-corrected chi connectivity index (χ4v) is 3.72. The summed E-state index contributed by atoms with van der Waals surface area (Å²) in [4.78, 5) is 3.81. The van der Waals surface area contributed by atoms with Gasteiger partial charge in [0.1, 0.15) is 10.7 Å². The number of nitriles is 1. The minimum absolute atomic E-state index is 0.0123. The summed E-state index contributed by atoms with van der Waals surface area (Å²) in [6.07, 6.45) is 4.06. The fraction of sp³-hybridized carbons (Fsp3) is 0.0588. The van der Waals surface area contributed by atoms with Crippen LogP contribution in [-0.2, 0) is 16.4 Å². The summed E-state index contributed by atoms with van der Waals surface area (Å²) in [5.74, 6) is -0.540. The highest BCUT2D eigenvalue weighted by Gasteiger charge is 2.23. The Labute approximate surface area is 138 Å². The van der Waals surface area contributed by atoms with Crippen molar-refractivity contribution in [2.24, 2.45) is 0 Å². The van der Waals surface area contributed by atoms with Gasteiger partial charge in [-0.1, -0.05) is 12.1 Å². The lowest BCUT2D eigenvalue weighted by molar-refractivity contribution is 0.587. The number of benzene rings is 1. The van der Waals surface area contributed by atoms with Crippen LogP contribution in [0.4, 0.5) is 4.39 Å². The molecule has 0 spiro atoms. The lowest BCUT2D eigenvalue weighted by Crippen LogP contribution is -2.13. The van der Waals surface area contributed by atoms with Crippen LogP contribution in [0.2, 0.25) is 0 Å². The Balaban J connectivity index is 2.25. The van der Waals surface area contributed by atoms with Gasteiger partial charge in [0.05, 0.1) is 18.2 Å². The average Bonchev–Trinajstić information content (AvgIpc) is 3.01. The summed E-state index contributed by atoms with van der Waals surface area (Å²) in [5.41, 5.74) is 0.805. The second-order valence-corrected chi connectivity index (χ2v) is 6.85. The van der Waals surface area contributed by atoms with Crippen LogP contribution in [0.1, 0.15) is 5.56 Å². The van der Waals surface area contributed by atoms with Gasteiger partial charge in [-0.2, -0.15) is 5.26 Å². The first-order valence-corrected chi connectivity index (χ1v) is 8.47. The molecule has 2 aromatic heterocycles. The number of hydrogen-bond acceptors (Lipinski definition) is 4. The van der Waals surface area contributed by atoms with Crippen molar-refractivity contribution in [2.45, 2.75) is 11.3 Å². The smallest absolute Gasteiger partial charge is 0.263 e. The van der Waals surface area contributed by atoms with Crippen molar-refractivity contribution >= 4 is 10.0 Å². The molecule has 0 radical (unpaired) electrons. The first-order valence-electron chi connectivity index (χ1n) is 7.03. The fourth-order valence-electron chi connectivity index (χ4n) is 2.36. The van der Waals surface area contributed by atoms with Crippen molar-refractivity contribution < 1.29 is 12.8 Å². The van der Waals surface area contributed by atoms with Crippen molar-refractivity contribution in [2.75, 3.05) is 0 Å². The van der Waals surface area contributed by atoms with E-state index in [2.05, 4.69) is 4.98 Å². The molecule has 0 amide bonds. The van der Waals surface area contributed by atoms with Gasteiger partial charge in [0.15, 0.2) is 0 Å². The molecule has 0 aliphatic rings. The zero-order valence-electron chi connectivity index (χ0n) is 12.4. The highest BCUT2D eigenvalue weighted by atomic mass is 32.2. The number of halogens is 1. The van der Waals surface area contributed by atoms with Gasteiger partial charge >= 0.3 is 0 Å². The van der Waals surface area contributed by atoms with Crippen molar-refractivity contribution in [1.29, 1.82) is 5.26 Å². The maximum absolute atomic E-state index is 14.2. The lowest BCUT2D eigenvalue weighted by Gasteiger charge is -2.10. The molecule has 0 atom stereocenters. The maximum Gasteiger partial charge on any atom is 0.269 e. The average molecular weight is 341 g/mol. The summed E-state index contributed by atoms with van der Waals surface area (Å²) in [7, 11) is -3.95. The van der Waals surface area contributed by atoms with Gasteiger partial charge in [0.2, 0.25) is 0 Å². The van der Waals surface area contributed by atoms with Crippen LogP contribution in [-0.4, -0.2) is 17.4 Å². The largest absolute Gasteiger partial charge is 0.269 e. The van der Waals surface area contributed by atoms with Gasteiger partial charge in [-0.15, -0.1) is 0 Å². The molecule has 0 saturated heterocycles. The molecule has 0 N–H and O–H groups in total. The molecule has 0 aliphatic carbocycles. The van der Waals surface area contributed by atoms with E-state index in [4.69, 9.17) is 5.26 Å². The molecule has 2 heterocycles. The molecule has 7 heteroatoms. The van der Waals surface area contributed by atoms with Gasteiger partial charge in [-0.25, -0.2) is 16.8 Å². The summed E-state index contributed by atoms with van der Waals surface area (Å²) in [6, 6.07) is 12.3. The number of hydrogen-bond donors (Lipinski definition) is 0. The maximum atomic E-state index is 14.2. The molecule has 0 unspecified atom stereocenters. The second kappa shape index (κ2) is 6.26. The number of nitrogens with zero attached hydrogens (tertiary/aromatic N) is 3. The predicted octanol–water partition coefficient (Wildman–Crippen LogP) is 2.99. The third-order valence-corrected chi connectivity index (χ3v) is 5.12. The van der Waals surface area contributed by atoms with E-state index in [1.54, 1.807) is 6.07 Å². The van der Waals surface area contributed by atoms with Crippen molar-refractivity contribution in [3.05, 3.63) is 72.4 Å². The molecule has 0 fully saturated rings. The standard InChI is InChI=1S/C17H12FN3O2S/c18-16-6-2-1-5-15(16)17-10-13(7-8-19)12-21(17)24(22,23)14-4-3-9-20-11-14/h1-6,9-12H,7H2. The van der Waals surface area contributed by atoms with E-state index >= 15 is 0 Å². The zero-order chi connectivity index (χ0) is 17.2. The van der Waals surface area contributed by atoms with E-state index in [9.17, 15) is 12.8 Å². The molecule has 5 nitrogen and oxygen atoms in total. The van der Waals surface area contributed by atoms with Crippen molar-refractivity contribution in [3.63, 3.8) is 0 Å². The molecule has 3 aromatic rings. The Bertz CT molecular complexity index is 1020. The third-order valence-electron chi connectivity index (χ3n) is 3.47. The van der Waals surface area contributed by atoms with Gasteiger partial charge in [-0.3, -0.25) is 4.98 Å². The third kappa shape index (κ3) is 2.79. The van der Waals surface area contributed by atoms with E-state index in [1.807, 2.05) is 6.07 Å². The highest BCUT2D eigenvalue weighted by Crippen LogP contribution is 2.28.